The molecule has 0 aliphatic carbocycles. The average Bonchev–Trinajstić information content (AvgIpc) is 3.09. The van der Waals surface area contributed by atoms with Gasteiger partial charge >= 0.3 is 5.97 Å². The number of thiophene rings is 1. The van der Waals surface area contributed by atoms with Gasteiger partial charge in [-0.25, -0.2) is 4.79 Å². The number of amides is 2. The monoisotopic (exact) mass is 494 g/mol. The summed E-state index contributed by atoms with van der Waals surface area (Å²) in [5.74, 6) is -0.624. The van der Waals surface area contributed by atoms with Crippen molar-refractivity contribution in [3.8, 4) is 5.75 Å². The molecule has 0 fully saturated rings. The fourth-order valence-corrected chi connectivity index (χ4v) is 4.43. The van der Waals surface area contributed by atoms with Gasteiger partial charge in [0.15, 0.2) is 6.10 Å². The number of hydrogen-bond acceptors (Lipinski definition) is 6. The molecule has 0 aliphatic rings. The van der Waals surface area contributed by atoms with Crippen LogP contribution in [0.15, 0.2) is 42.5 Å². The molecule has 184 valence electrons. The van der Waals surface area contributed by atoms with E-state index in [-0.39, 0.29) is 18.4 Å². The van der Waals surface area contributed by atoms with Crippen molar-refractivity contribution < 1.29 is 23.9 Å². The van der Waals surface area contributed by atoms with Gasteiger partial charge in [0, 0.05) is 16.1 Å². The van der Waals surface area contributed by atoms with Crippen LogP contribution in [0, 0.1) is 27.7 Å². The molecule has 0 unspecified atom stereocenters. The third kappa shape index (κ3) is 6.27. The molecule has 1 heterocycles. The van der Waals surface area contributed by atoms with E-state index in [9.17, 15) is 14.4 Å². The van der Waals surface area contributed by atoms with Gasteiger partial charge in [0.2, 0.25) is 0 Å². The Kier molecular flexibility index (Phi) is 8.30. The van der Waals surface area contributed by atoms with Gasteiger partial charge in [-0.2, -0.15) is 0 Å². The van der Waals surface area contributed by atoms with E-state index in [4.69, 9.17) is 9.47 Å². The second kappa shape index (κ2) is 11.2. The van der Waals surface area contributed by atoms with E-state index in [1.54, 1.807) is 38.1 Å². The van der Waals surface area contributed by atoms with Crippen LogP contribution in [0.4, 0.5) is 10.7 Å². The Morgan fingerprint density at radius 3 is 2.31 bits per heavy atom. The fourth-order valence-electron chi connectivity index (χ4n) is 3.39. The minimum Gasteiger partial charge on any atom is -0.481 e. The van der Waals surface area contributed by atoms with Gasteiger partial charge in [-0.1, -0.05) is 12.1 Å². The van der Waals surface area contributed by atoms with Crippen molar-refractivity contribution in [3.05, 3.63) is 75.2 Å². The maximum absolute atomic E-state index is 12.8. The molecule has 3 rings (SSSR count). The molecule has 0 bridgehead atoms. The minimum absolute atomic E-state index is 0.253. The highest BCUT2D eigenvalue weighted by molar-refractivity contribution is 7.16. The summed E-state index contributed by atoms with van der Waals surface area (Å²) in [6.45, 7) is 11.3. The van der Waals surface area contributed by atoms with Crippen molar-refractivity contribution in [3.63, 3.8) is 0 Å². The Morgan fingerprint density at radius 1 is 0.971 bits per heavy atom. The summed E-state index contributed by atoms with van der Waals surface area (Å²) in [4.78, 5) is 38.7. The first-order valence-corrected chi connectivity index (χ1v) is 12.2. The van der Waals surface area contributed by atoms with Crippen LogP contribution in [0.5, 0.6) is 5.75 Å². The van der Waals surface area contributed by atoms with Crippen molar-refractivity contribution in [1.29, 1.82) is 0 Å². The fraction of sp³-hybridized carbons (Fsp3) is 0.296. The van der Waals surface area contributed by atoms with Crippen LogP contribution in [0.25, 0.3) is 0 Å². The Hall–Kier alpha value is -3.65. The van der Waals surface area contributed by atoms with Crippen LogP contribution in [-0.4, -0.2) is 30.5 Å². The summed E-state index contributed by atoms with van der Waals surface area (Å²) < 4.78 is 10.9. The third-order valence-electron chi connectivity index (χ3n) is 5.54. The zero-order valence-corrected chi connectivity index (χ0v) is 21.6. The number of anilines is 2. The molecule has 0 aliphatic heterocycles. The van der Waals surface area contributed by atoms with E-state index in [2.05, 4.69) is 10.6 Å². The number of carbonyl (C=O) groups excluding carboxylic acids is 3. The molecule has 2 amide bonds. The number of benzene rings is 2. The topological polar surface area (TPSA) is 93.7 Å². The maximum atomic E-state index is 12.8. The molecule has 1 atom stereocenters. The number of hydrogen-bond donors (Lipinski definition) is 2. The van der Waals surface area contributed by atoms with Crippen molar-refractivity contribution in [2.45, 2.75) is 47.6 Å². The molecular formula is C27H30N2O5S. The lowest BCUT2D eigenvalue weighted by Crippen LogP contribution is -2.30. The standard InChI is InChI=1S/C27H30N2O5S/c1-7-33-27(32)23-17(4)19(6)35-26(23)29-25(31)20-10-12-21(13-11-20)34-18(5)24(30)28-22-14-15(2)8-9-16(22)3/h8-14,18H,7H2,1-6H3,(H,28,30)(H,29,31)/t18-/m0/s1. The van der Waals surface area contributed by atoms with Gasteiger partial charge in [-0.05, 0) is 88.6 Å². The lowest BCUT2D eigenvalue weighted by atomic mass is 10.1. The van der Waals surface area contributed by atoms with E-state index in [1.807, 2.05) is 45.9 Å². The molecule has 2 aromatic carbocycles. The lowest BCUT2D eigenvalue weighted by Gasteiger charge is -2.16. The Bertz CT molecular complexity index is 1250. The van der Waals surface area contributed by atoms with E-state index < -0.39 is 12.1 Å². The lowest BCUT2D eigenvalue weighted by molar-refractivity contribution is -0.122. The molecule has 8 heteroatoms. The number of esters is 1. The summed E-state index contributed by atoms with van der Waals surface area (Å²) in [6.07, 6.45) is -0.737. The number of carbonyl (C=O) groups is 3. The van der Waals surface area contributed by atoms with Gasteiger partial charge < -0.3 is 20.1 Å². The van der Waals surface area contributed by atoms with Crippen LogP contribution in [0.2, 0.25) is 0 Å². The molecule has 35 heavy (non-hydrogen) atoms. The SMILES string of the molecule is CCOC(=O)c1c(NC(=O)c2ccc(O[C@@H](C)C(=O)Nc3cc(C)ccc3C)cc2)sc(C)c1C. The van der Waals surface area contributed by atoms with Crippen molar-refractivity contribution in [1.82, 2.24) is 0 Å². The van der Waals surface area contributed by atoms with Crippen LogP contribution in [-0.2, 0) is 9.53 Å². The molecule has 2 N–H and O–H groups in total. The van der Waals surface area contributed by atoms with E-state index in [0.29, 0.717) is 21.9 Å². The summed E-state index contributed by atoms with van der Waals surface area (Å²) in [5, 5.41) is 6.17. The van der Waals surface area contributed by atoms with Gasteiger partial charge in [0.05, 0.1) is 12.2 Å². The molecule has 1 aromatic heterocycles. The van der Waals surface area contributed by atoms with E-state index >= 15 is 0 Å². The van der Waals surface area contributed by atoms with Crippen molar-refractivity contribution in [2.24, 2.45) is 0 Å². The second-order valence-electron chi connectivity index (χ2n) is 8.25. The van der Waals surface area contributed by atoms with Gasteiger partial charge in [-0.3, -0.25) is 9.59 Å². The summed E-state index contributed by atoms with van der Waals surface area (Å²) >= 11 is 1.33. The number of rotatable bonds is 8. The van der Waals surface area contributed by atoms with E-state index in [0.717, 1.165) is 27.3 Å². The smallest absolute Gasteiger partial charge is 0.341 e. The van der Waals surface area contributed by atoms with Crippen molar-refractivity contribution in [2.75, 3.05) is 17.2 Å². The van der Waals surface area contributed by atoms with Crippen LogP contribution >= 0.6 is 11.3 Å². The normalized spacial score (nSPS) is 11.5. The number of aryl methyl sites for hydroxylation is 3. The summed E-state index contributed by atoms with van der Waals surface area (Å²) in [5.41, 5.74) is 4.33. The number of ether oxygens (including phenoxy) is 2. The largest absolute Gasteiger partial charge is 0.481 e. The molecule has 3 aromatic rings. The summed E-state index contributed by atoms with van der Waals surface area (Å²) in [6, 6.07) is 12.3. The Balaban J connectivity index is 1.65. The van der Waals surface area contributed by atoms with Crippen LogP contribution in [0.3, 0.4) is 0 Å². The molecule has 0 spiro atoms. The maximum Gasteiger partial charge on any atom is 0.341 e. The highest BCUT2D eigenvalue weighted by atomic mass is 32.1. The predicted octanol–water partition coefficient (Wildman–Crippen LogP) is 5.82. The summed E-state index contributed by atoms with van der Waals surface area (Å²) in [7, 11) is 0. The quantitative estimate of drug-likeness (QED) is 0.385. The Labute approximate surface area is 209 Å². The third-order valence-corrected chi connectivity index (χ3v) is 6.66. The molecule has 0 radical (unpaired) electrons. The van der Waals surface area contributed by atoms with Gasteiger partial charge in [-0.15, -0.1) is 11.3 Å². The zero-order valence-electron chi connectivity index (χ0n) is 20.8. The first-order valence-electron chi connectivity index (χ1n) is 11.3. The van der Waals surface area contributed by atoms with Crippen LogP contribution < -0.4 is 15.4 Å². The number of nitrogens with one attached hydrogen (secondary N) is 2. The highest BCUT2D eigenvalue weighted by Crippen LogP contribution is 2.33. The van der Waals surface area contributed by atoms with Gasteiger partial charge in [0.25, 0.3) is 11.8 Å². The van der Waals surface area contributed by atoms with Crippen LogP contribution in [0.1, 0.15) is 56.1 Å². The van der Waals surface area contributed by atoms with Gasteiger partial charge in [0.1, 0.15) is 10.8 Å². The predicted molar refractivity (Wildman–Crippen MR) is 139 cm³/mol. The zero-order chi connectivity index (χ0) is 25.7. The second-order valence-corrected chi connectivity index (χ2v) is 9.48. The molecule has 0 saturated carbocycles. The minimum atomic E-state index is -0.737. The molecular weight excluding hydrogens is 464 g/mol. The molecule has 0 saturated heterocycles. The van der Waals surface area contributed by atoms with E-state index in [1.165, 1.54) is 11.3 Å². The van der Waals surface area contributed by atoms with Crippen molar-refractivity contribution >= 4 is 39.8 Å². The Morgan fingerprint density at radius 2 is 1.66 bits per heavy atom. The first-order chi connectivity index (χ1) is 16.6. The first kappa shape index (κ1) is 26.0. The average molecular weight is 495 g/mol. The highest BCUT2D eigenvalue weighted by Gasteiger charge is 2.22. The molecule has 7 nitrogen and oxygen atoms in total.